The molecule has 0 saturated heterocycles. The van der Waals surface area contributed by atoms with E-state index in [1.54, 1.807) is 0 Å². The van der Waals surface area contributed by atoms with Crippen molar-refractivity contribution in [3.63, 3.8) is 0 Å². The fourth-order valence-corrected chi connectivity index (χ4v) is 2.88. The van der Waals surface area contributed by atoms with Crippen LogP contribution in [0.5, 0.6) is 0 Å². The summed E-state index contributed by atoms with van der Waals surface area (Å²) in [4.78, 5) is 13.0. The largest absolute Gasteiger partial charge is 0.312 e. The highest BCUT2D eigenvalue weighted by molar-refractivity contribution is 5.63. The Labute approximate surface area is 144 Å². The van der Waals surface area contributed by atoms with Crippen LogP contribution < -0.4 is 0 Å². The molecule has 2 rings (SSSR count). The van der Waals surface area contributed by atoms with Crippen LogP contribution in [-0.2, 0) is 0 Å². The number of hydrogen-bond donors (Lipinski definition) is 1. The van der Waals surface area contributed by atoms with Gasteiger partial charge in [0.25, 0.3) is 0 Å². The fraction of sp³-hybridized carbons (Fsp3) is 0.350. The van der Waals surface area contributed by atoms with Crippen LogP contribution in [-0.4, -0.2) is 37.3 Å². The maximum atomic E-state index is 10.8. The SMILES string of the molecule is CCN(CC=N)CCC(CN=O)c1ccc(-c2ccccc2)cc1. The van der Waals surface area contributed by atoms with Crippen LogP contribution in [0.15, 0.2) is 59.8 Å². The van der Waals surface area contributed by atoms with Gasteiger partial charge in [0, 0.05) is 18.7 Å². The minimum atomic E-state index is 0.132. The third-order valence-corrected chi connectivity index (χ3v) is 4.37. The van der Waals surface area contributed by atoms with Gasteiger partial charge in [-0.25, -0.2) is 0 Å². The van der Waals surface area contributed by atoms with Crippen LogP contribution in [0.4, 0.5) is 0 Å². The molecule has 0 heterocycles. The first-order chi connectivity index (χ1) is 11.8. The molecule has 2 aromatic carbocycles. The van der Waals surface area contributed by atoms with Gasteiger partial charge in [-0.3, -0.25) is 4.90 Å². The van der Waals surface area contributed by atoms with Crippen LogP contribution in [0.1, 0.15) is 24.8 Å². The lowest BCUT2D eigenvalue weighted by Crippen LogP contribution is -2.27. The fourth-order valence-electron chi connectivity index (χ4n) is 2.88. The summed E-state index contributed by atoms with van der Waals surface area (Å²) >= 11 is 0. The van der Waals surface area contributed by atoms with Gasteiger partial charge in [-0.15, -0.1) is 0 Å². The zero-order chi connectivity index (χ0) is 17.2. The highest BCUT2D eigenvalue weighted by Gasteiger charge is 2.14. The average molecular weight is 323 g/mol. The number of nitroso groups, excluding NO2 is 1. The molecular weight excluding hydrogens is 298 g/mol. The molecule has 4 nitrogen and oxygen atoms in total. The van der Waals surface area contributed by atoms with Gasteiger partial charge in [0.15, 0.2) is 0 Å². The maximum Gasteiger partial charge on any atom is 0.0880 e. The molecule has 0 radical (unpaired) electrons. The summed E-state index contributed by atoms with van der Waals surface area (Å²) in [5.74, 6) is 0.132. The molecule has 1 atom stereocenters. The summed E-state index contributed by atoms with van der Waals surface area (Å²) in [7, 11) is 0. The second-order valence-electron chi connectivity index (χ2n) is 5.88. The molecular formula is C20H25N3O. The Morgan fingerprint density at radius 3 is 2.33 bits per heavy atom. The van der Waals surface area contributed by atoms with Crippen LogP contribution >= 0.6 is 0 Å². The van der Waals surface area contributed by atoms with Crippen molar-refractivity contribution in [3.8, 4) is 11.1 Å². The van der Waals surface area contributed by atoms with E-state index in [-0.39, 0.29) is 5.92 Å². The van der Waals surface area contributed by atoms with Crippen molar-refractivity contribution in [3.05, 3.63) is 65.1 Å². The monoisotopic (exact) mass is 323 g/mol. The van der Waals surface area contributed by atoms with Gasteiger partial charge in [-0.1, -0.05) is 66.7 Å². The van der Waals surface area contributed by atoms with Crippen molar-refractivity contribution < 1.29 is 0 Å². The number of hydrogen-bond acceptors (Lipinski definition) is 4. The molecule has 126 valence electrons. The summed E-state index contributed by atoms with van der Waals surface area (Å²) < 4.78 is 0. The molecule has 2 aromatic rings. The van der Waals surface area contributed by atoms with E-state index in [0.717, 1.165) is 25.1 Å². The quantitative estimate of drug-likeness (QED) is 0.514. The first-order valence-electron chi connectivity index (χ1n) is 8.44. The third-order valence-electron chi connectivity index (χ3n) is 4.37. The van der Waals surface area contributed by atoms with Gasteiger partial charge in [0.1, 0.15) is 0 Å². The van der Waals surface area contributed by atoms with Crippen LogP contribution in [0.3, 0.4) is 0 Å². The Hall–Kier alpha value is -2.33. The van der Waals surface area contributed by atoms with E-state index in [9.17, 15) is 4.91 Å². The molecule has 0 amide bonds. The summed E-state index contributed by atoms with van der Waals surface area (Å²) in [6.45, 7) is 4.82. The topological polar surface area (TPSA) is 56.5 Å². The predicted molar refractivity (Wildman–Crippen MR) is 101 cm³/mol. The highest BCUT2D eigenvalue weighted by atomic mass is 16.3. The molecule has 4 heteroatoms. The van der Waals surface area contributed by atoms with Gasteiger partial charge < -0.3 is 5.41 Å². The van der Waals surface area contributed by atoms with E-state index in [0.29, 0.717) is 13.1 Å². The lowest BCUT2D eigenvalue weighted by atomic mass is 9.93. The Morgan fingerprint density at radius 2 is 1.75 bits per heavy atom. The van der Waals surface area contributed by atoms with Crippen molar-refractivity contribution in [1.29, 1.82) is 5.41 Å². The Kier molecular flexibility index (Phi) is 7.30. The van der Waals surface area contributed by atoms with Crippen LogP contribution in [0, 0.1) is 10.3 Å². The van der Waals surface area contributed by atoms with Gasteiger partial charge in [-0.2, -0.15) is 4.91 Å². The summed E-state index contributed by atoms with van der Waals surface area (Å²) in [5.41, 5.74) is 3.52. The second-order valence-corrected chi connectivity index (χ2v) is 5.88. The zero-order valence-electron chi connectivity index (χ0n) is 14.2. The van der Waals surface area contributed by atoms with Crippen molar-refractivity contribution in [2.45, 2.75) is 19.3 Å². The van der Waals surface area contributed by atoms with Gasteiger partial charge in [0.2, 0.25) is 0 Å². The summed E-state index contributed by atoms with van der Waals surface area (Å²) in [5, 5.41) is 10.4. The van der Waals surface area contributed by atoms with E-state index in [2.05, 4.69) is 53.4 Å². The summed E-state index contributed by atoms with van der Waals surface area (Å²) in [6, 6.07) is 18.7. The minimum absolute atomic E-state index is 0.132. The van der Waals surface area contributed by atoms with Crippen molar-refractivity contribution in [1.82, 2.24) is 4.90 Å². The number of rotatable bonds is 10. The first-order valence-corrected chi connectivity index (χ1v) is 8.44. The summed E-state index contributed by atoms with van der Waals surface area (Å²) in [6.07, 6.45) is 2.29. The van der Waals surface area contributed by atoms with Crippen molar-refractivity contribution in [2.24, 2.45) is 5.18 Å². The van der Waals surface area contributed by atoms with Crippen molar-refractivity contribution >= 4 is 6.21 Å². The van der Waals surface area contributed by atoms with Crippen molar-refractivity contribution in [2.75, 3.05) is 26.2 Å². The lowest BCUT2D eigenvalue weighted by Gasteiger charge is -2.21. The third kappa shape index (κ3) is 5.10. The molecule has 0 aliphatic heterocycles. The normalized spacial score (nSPS) is 12.1. The number of nitrogens with zero attached hydrogens (tertiary/aromatic N) is 2. The highest BCUT2D eigenvalue weighted by Crippen LogP contribution is 2.25. The van der Waals surface area contributed by atoms with Gasteiger partial charge in [0.05, 0.1) is 6.54 Å². The molecule has 0 aromatic heterocycles. The molecule has 1 N–H and O–H groups in total. The molecule has 0 bridgehead atoms. The van der Waals surface area contributed by atoms with Gasteiger partial charge in [-0.05, 0) is 36.2 Å². The Bertz CT molecular complexity index is 625. The molecule has 0 fully saturated rings. The van der Waals surface area contributed by atoms with E-state index in [4.69, 9.17) is 5.41 Å². The molecule has 0 aliphatic carbocycles. The zero-order valence-corrected chi connectivity index (χ0v) is 14.2. The molecule has 24 heavy (non-hydrogen) atoms. The number of benzene rings is 2. The smallest absolute Gasteiger partial charge is 0.0880 e. The van der Waals surface area contributed by atoms with Crippen LogP contribution in [0.25, 0.3) is 11.1 Å². The van der Waals surface area contributed by atoms with Gasteiger partial charge >= 0.3 is 0 Å². The molecule has 0 spiro atoms. The Morgan fingerprint density at radius 1 is 1.08 bits per heavy atom. The van der Waals surface area contributed by atoms with E-state index >= 15 is 0 Å². The van der Waals surface area contributed by atoms with E-state index in [1.165, 1.54) is 17.3 Å². The average Bonchev–Trinajstić information content (AvgIpc) is 2.65. The molecule has 0 aliphatic rings. The molecule has 0 saturated carbocycles. The second kappa shape index (κ2) is 9.73. The standard InChI is InChI=1S/C20H25N3O/c1-2-23(15-13-21)14-12-20(16-22-24)19-10-8-18(9-11-19)17-6-4-3-5-7-17/h3-11,13,20-21H,2,12,14-16H2,1H3. The minimum Gasteiger partial charge on any atom is -0.312 e. The molecule has 1 unspecified atom stereocenters. The first kappa shape index (κ1) is 18.0. The number of nitrogens with one attached hydrogen (secondary N) is 1. The maximum absolute atomic E-state index is 10.8. The Balaban J connectivity index is 2.07. The van der Waals surface area contributed by atoms with Crippen LogP contribution in [0.2, 0.25) is 0 Å². The van der Waals surface area contributed by atoms with E-state index in [1.807, 2.05) is 18.2 Å². The lowest BCUT2D eigenvalue weighted by molar-refractivity contribution is 0.314. The predicted octanol–water partition coefficient (Wildman–Crippen LogP) is 4.57. The van der Waals surface area contributed by atoms with E-state index < -0.39 is 0 Å².